The van der Waals surface area contributed by atoms with Crippen LogP contribution < -0.4 is 0 Å². The quantitative estimate of drug-likeness (QED) is 0.285. The molecule has 0 aliphatic heterocycles. The molecular weight excluding hydrogens is 400 g/mol. The Balaban J connectivity index is 1.45. The third-order valence-corrected chi connectivity index (χ3v) is 6.94. The molecule has 0 spiro atoms. The van der Waals surface area contributed by atoms with Gasteiger partial charge in [-0.1, -0.05) is 91.1 Å². The van der Waals surface area contributed by atoms with E-state index in [9.17, 15) is 0 Å². The molecule has 0 fully saturated rings. The highest BCUT2D eigenvalue weighted by Crippen LogP contribution is 2.42. The van der Waals surface area contributed by atoms with Crippen molar-refractivity contribution >= 4 is 27.9 Å². The minimum atomic E-state index is 0.401. The molecule has 0 bridgehead atoms. The van der Waals surface area contributed by atoms with Crippen LogP contribution in [0, 0.1) is 5.92 Å². The van der Waals surface area contributed by atoms with Crippen molar-refractivity contribution in [3.63, 3.8) is 0 Å². The third-order valence-electron chi connectivity index (χ3n) is 6.94. The third kappa shape index (κ3) is 2.84. The molecule has 2 heteroatoms. The number of aromatic nitrogens is 2. The van der Waals surface area contributed by atoms with Gasteiger partial charge in [0, 0.05) is 23.1 Å². The summed E-state index contributed by atoms with van der Waals surface area (Å²) in [4.78, 5) is 5.05. The van der Waals surface area contributed by atoms with Crippen molar-refractivity contribution in [2.75, 3.05) is 0 Å². The van der Waals surface area contributed by atoms with E-state index < -0.39 is 0 Å². The van der Waals surface area contributed by atoms with Crippen molar-refractivity contribution in [3.05, 3.63) is 126 Å². The van der Waals surface area contributed by atoms with Crippen LogP contribution in [0.3, 0.4) is 0 Å². The summed E-state index contributed by atoms with van der Waals surface area (Å²) in [6, 6.07) is 30.2. The van der Waals surface area contributed by atoms with Crippen LogP contribution in [0.1, 0.15) is 17.0 Å². The Kier molecular flexibility index (Phi) is 4.00. The number of hydrogen-bond donors (Lipinski definition) is 0. The van der Waals surface area contributed by atoms with Gasteiger partial charge in [0.2, 0.25) is 0 Å². The van der Waals surface area contributed by atoms with Crippen molar-refractivity contribution in [1.29, 1.82) is 0 Å². The lowest BCUT2D eigenvalue weighted by atomic mass is 9.75. The number of para-hydroxylation sites is 3. The molecule has 33 heavy (non-hydrogen) atoms. The van der Waals surface area contributed by atoms with E-state index in [1.807, 2.05) is 0 Å². The van der Waals surface area contributed by atoms with Crippen molar-refractivity contribution < 1.29 is 0 Å². The molecule has 1 heterocycles. The Labute approximate surface area is 192 Å². The minimum absolute atomic E-state index is 0.401. The SMILES string of the molecule is C1=CC2C=Cc3ccc4cc(-c5nc6ccccc6n5-c5ccccc5)ccc4c3C2C=C1. The maximum Gasteiger partial charge on any atom is 0.145 e. The molecule has 7 rings (SSSR count). The van der Waals surface area contributed by atoms with Crippen LogP contribution in [0.25, 0.3) is 45.0 Å². The van der Waals surface area contributed by atoms with E-state index in [0.29, 0.717) is 11.8 Å². The average Bonchev–Trinajstić information content (AvgIpc) is 3.28. The summed E-state index contributed by atoms with van der Waals surface area (Å²) in [6.07, 6.45) is 13.6. The van der Waals surface area contributed by atoms with Gasteiger partial charge in [-0.25, -0.2) is 4.98 Å². The number of hydrogen-bond acceptors (Lipinski definition) is 1. The van der Waals surface area contributed by atoms with Gasteiger partial charge in [-0.05, 0) is 52.2 Å². The molecule has 0 saturated heterocycles. The predicted octanol–water partition coefficient (Wildman–Crippen LogP) is 7.70. The molecule has 2 aliphatic carbocycles. The van der Waals surface area contributed by atoms with E-state index in [1.54, 1.807) is 0 Å². The molecule has 1 aromatic heterocycles. The predicted molar refractivity (Wildman–Crippen MR) is 138 cm³/mol. The zero-order valence-corrected chi connectivity index (χ0v) is 18.1. The molecule has 2 unspecified atom stereocenters. The molecule has 2 aliphatic rings. The van der Waals surface area contributed by atoms with Crippen molar-refractivity contribution in [2.45, 2.75) is 5.92 Å². The summed E-state index contributed by atoms with van der Waals surface area (Å²) in [5.74, 6) is 1.81. The Morgan fingerprint density at radius 1 is 0.727 bits per heavy atom. The summed E-state index contributed by atoms with van der Waals surface area (Å²) in [5.41, 5.74) is 7.14. The Morgan fingerprint density at radius 2 is 1.58 bits per heavy atom. The van der Waals surface area contributed by atoms with E-state index in [-0.39, 0.29) is 0 Å². The van der Waals surface area contributed by atoms with Crippen LogP contribution in [0.2, 0.25) is 0 Å². The molecular formula is C31H22N2. The van der Waals surface area contributed by atoms with Crippen molar-refractivity contribution in [3.8, 4) is 17.1 Å². The lowest BCUT2D eigenvalue weighted by Gasteiger charge is -2.28. The van der Waals surface area contributed by atoms with E-state index in [1.165, 1.54) is 21.9 Å². The molecule has 0 N–H and O–H groups in total. The lowest BCUT2D eigenvalue weighted by molar-refractivity contribution is 0.697. The second-order valence-corrected chi connectivity index (χ2v) is 8.83. The molecule has 0 amide bonds. The fourth-order valence-corrected chi connectivity index (χ4v) is 5.40. The highest BCUT2D eigenvalue weighted by molar-refractivity contribution is 5.94. The second-order valence-electron chi connectivity index (χ2n) is 8.83. The fourth-order valence-electron chi connectivity index (χ4n) is 5.40. The number of benzene rings is 4. The summed E-state index contributed by atoms with van der Waals surface area (Å²) >= 11 is 0. The van der Waals surface area contributed by atoms with Gasteiger partial charge in [-0.3, -0.25) is 4.57 Å². The second kappa shape index (κ2) is 7.18. The Morgan fingerprint density at radius 3 is 2.52 bits per heavy atom. The maximum atomic E-state index is 5.05. The number of rotatable bonds is 2. The van der Waals surface area contributed by atoms with Crippen LogP contribution in [0.5, 0.6) is 0 Å². The fraction of sp³-hybridized carbons (Fsp3) is 0.0645. The first kappa shape index (κ1) is 18.4. The van der Waals surface area contributed by atoms with Gasteiger partial charge >= 0.3 is 0 Å². The lowest BCUT2D eigenvalue weighted by Crippen LogP contribution is -2.13. The van der Waals surface area contributed by atoms with Crippen molar-refractivity contribution in [1.82, 2.24) is 9.55 Å². The van der Waals surface area contributed by atoms with E-state index in [2.05, 4.69) is 126 Å². The molecule has 4 aromatic carbocycles. The Hall–Kier alpha value is -4.17. The van der Waals surface area contributed by atoms with Gasteiger partial charge in [0.25, 0.3) is 0 Å². The molecule has 2 atom stereocenters. The van der Waals surface area contributed by atoms with E-state index in [0.717, 1.165) is 28.1 Å². The summed E-state index contributed by atoms with van der Waals surface area (Å²) in [7, 11) is 0. The molecule has 156 valence electrons. The van der Waals surface area contributed by atoms with Gasteiger partial charge in [0.05, 0.1) is 11.0 Å². The van der Waals surface area contributed by atoms with E-state index in [4.69, 9.17) is 4.98 Å². The standard InChI is InChI=1S/C31H22N2/c1-2-9-25(10-3-1)33-29-13-7-6-12-28(29)32-31(33)24-18-19-27-23(20-24)17-16-22-15-14-21-8-4-5-11-26(21)30(22)27/h1-21,26H. The van der Waals surface area contributed by atoms with Crippen LogP contribution in [-0.4, -0.2) is 9.55 Å². The maximum absolute atomic E-state index is 5.05. The topological polar surface area (TPSA) is 17.8 Å². The van der Waals surface area contributed by atoms with Crippen molar-refractivity contribution in [2.24, 2.45) is 5.92 Å². The van der Waals surface area contributed by atoms with Gasteiger partial charge in [-0.2, -0.15) is 0 Å². The molecule has 5 aromatic rings. The van der Waals surface area contributed by atoms with Crippen LogP contribution in [0.15, 0.2) is 115 Å². The normalized spacial score (nSPS) is 18.5. The number of nitrogens with zero attached hydrogens (tertiary/aromatic N) is 2. The minimum Gasteiger partial charge on any atom is -0.292 e. The number of imidazole rings is 1. The zero-order chi connectivity index (χ0) is 21.8. The summed E-state index contributed by atoms with van der Waals surface area (Å²) in [6.45, 7) is 0. The average molecular weight is 423 g/mol. The van der Waals surface area contributed by atoms with Gasteiger partial charge in [0.15, 0.2) is 0 Å². The summed E-state index contributed by atoms with van der Waals surface area (Å²) in [5, 5.41) is 2.59. The molecule has 2 nitrogen and oxygen atoms in total. The monoisotopic (exact) mass is 422 g/mol. The van der Waals surface area contributed by atoms with E-state index >= 15 is 0 Å². The van der Waals surface area contributed by atoms with Crippen LogP contribution in [-0.2, 0) is 0 Å². The highest BCUT2D eigenvalue weighted by atomic mass is 15.1. The molecule has 0 radical (unpaired) electrons. The first-order valence-electron chi connectivity index (χ1n) is 11.5. The van der Waals surface area contributed by atoms with Crippen LogP contribution >= 0.6 is 0 Å². The summed E-state index contributed by atoms with van der Waals surface area (Å²) < 4.78 is 2.27. The molecule has 0 saturated carbocycles. The smallest absolute Gasteiger partial charge is 0.145 e. The number of allylic oxidation sites excluding steroid dienone is 5. The zero-order valence-electron chi connectivity index (χ0n) is 18.1. The number of fused-ring (bicyclic) bond motifs is 6. The van der Waals surface area contributed by atoms with Crippen LogP contribution in [0.4, 0.5) is 0 Å². The Bertz CT molecular complexity index is 1620. The largest absolute Gasteiger partial charge is 0.292 e. The van der Waals surface area contributed by atoms with Gasteiger partial charge in [-0.15, -0.1) is 0 Å². The van der Waals surface area contributed by atoms with Gasteiger partial charge in [0.1, 0.15) is 5.82 Å². The highest BCUT2D eigenvalue weighted by Gasteiger charge is 2.26. The van der Waals surface area contributed by atoms with Gasteiger partial charge < -0.3 is 0 Å². The first-order valence-corrected chi connectivity index (χ1v) is 11.5. The first-order chi connectivity index (χ1) is 16.4.